The van der Waals surface area contributed by atoms with Crippen LogP contribution in [0.15, 0.2) is 30.3 Å². The first kappa shape index (κ1) is 11.3. The highest BCUT2D eigenvalue weighted by Crippen LogP contribution is 2.55. The van der Waals surface area contributed by atoms with Gasteiger partial charge in [-0.1, -0.05) is 49.6 Å². The van der Waals surface area contributed by atoms with Gasteiger partial charge in [-0.25, -0.2) is 0 Å². The zero-order valence-electron chi connectivity index (χ0n) is 10.6. The fourth-order valence-corrected chi connectivity index (χ4v) is 3.38. The molecule has 3 rings (SSSR count). The Morgan fingerprint density at radius 2 is 1.94 bits per heavy atom. The van der Waals surface area contributed by atoms with Crippen molar-refractivity contribution in [2.45, 2.75) is 50.5 Å². The topological polar surface area (TPSA) is 20.2 Å². The van der Waals surface area contributed by atoms with Crippen LogP contribution >= 0.6 is 0 Å². The summed E-state index contributed by atoms with van der Waals surface area (Å²) < 4.78 is 0. The molecular formula is C16H22O. The molecule has 0 aliphatic heterocycles. The fourth-order valence-electron chi connectivity index (χ4n) is 3.38. The molecule has 0 radical (unpaired) electrons. The van der Waals surface area contributed by atoms with Crippen LogP contribution in [0.2, 0.25) is 0 Å². The average Bonchev–Trinajstić information content (AvgIpc) is 3.06. The highest BCUT2D eigenvalue weighted by molar-refractivity contribution is 5.27. The lowest BCUT2D eigenvalue weighted by molar-refractivity contribution is -0.00166. The van der Waals surface area contributed by atoms with Crippen molar-refractivity contribution in [3.63, 3.8) is 0 Å². The first-order valence-electron chi connectivity index (χ1n) is 6.94. The molecule has 0 amide bonds. The van der Waals surface area contributed by atoms with E-state index in [1.165, 1.54) is 31.2 Å². The summed E-state index contributed by atoms with van der Waals surface area (Å²) in [6, 6.07) is 10.7. The molecule has 1 nitrogen and oxygen atoms in total. The van der Waals surface area contributed by atoms with Gasteiger partial charge in [0, 0.05) is 0 Å². The van der Waals surface area contributed by atoms with Gasteiger partial charge in [0.25, 0.3) is 0 Å². The van der Waals surface area contributed by atoms with E-state index in [0.29, 0.717) is 11.8 Å². The molecular weight excluding hydrogens is 208 g/mol. The van der Waals surface area contributed by atoms with Crippen LogP contribution in [0.1, 0.15) is 50.5 Å². The van der Waals surface area contributed by atoms with E-state index in [-0.39, 0.29) is 0 Å². The predicted molar refractivity (Wildman–Crippen MR) is 69.9 cm³/mol. The third kappa shape index (κ3) is 2.26. The Morgan fingerprint density at radius 1 is 1.24 bits per heavy atom. The van der Waals surface area contributed by atoms with Crippen molar-refractivity contribution in [3.05, 3.63) is 35.9 Å². The summed E-state index contributed by atoms with van der Waals surface area (Å²) >= 11 is 0. The van der Waals surface area contributed by atoms with Gasteiger partial charge in [-0.2, -0.15) is 0 Å². The van der Waals surface area contributed by atoms with E-state index < -0.39 is 5.60 Å². The van der Waals surface area contributed by atoms with Gasteiger partial charge in [0.15, 0.2) is 0 Å². The summed E-state index contributed by atoms with van der Waals surface area (Å²) in [5, 5.41) is 10.6. The maximum atomic E-state index is 10.6. The summed E-state index contributed by atoms with van der Waals surface area (Å²) in [4.78, 5) is 0. The van der Waals surface area contributed by atoms with Crippen LogP contribution in [0.3, 0.4) is 0 Å². The second-order valence-electron chi connectivity index (χ2n) is 6.22. The van der Waals surface area contributed by atoms with Crippen molar-refractivity contribution in [3.8, 4) is 0 Å². The van der Waals surface area contributed by atoms with Crippen molar-refractivity contribution < 1.29 is 5.11 Å². The van der Waals surface area contributed by atoms with E-state index in [2.05, 4.69) is 37.3 Å². The average molecular weight is 230 g/mol. The van der Waals surface area contributed by atoms with Gasteiger partial charge in [0.2, 0.25) is 0 Å². The molecule has 1 heteroatoms. The standard InChI is InChI=1S/C16H22O/c1-16(17,11-12-6-5-7-12)15-10-14(15)13-8-3-2-4-9-13/h2-4,8-9,12,14-15,17H,5-7,10-11H2,1H3. The van der Waals surface area contributed by atoms with E-state index in [1.54, 1.807) is 0 Å². The van der Waals surface area contributed by atoms with Crippen LogP contribution in [0.5, 0.6) is 0 Å². The van der Waals surface area contributed by atoms with Crippen LogP contribution in [0, 0.1) is 11.8 Å². The van der Waals surface area contributed by atoms with Crippen molar-refractivity contribution >= 4 is 0 Å². The lowest BCUT2D eigenvalue weighted by Gasteiger charge is -2.34. The van der Waals surface area contributed by atoms with Crippen molar-refractivity contribution in [1.82, 2.24) is 0 Å². The zero-order chi connectivity index (χ0) is 11.9. The first-order chi connectivity index (χ1) is 8.17. The molecule has 2 saturated carbocycles. The Morgan fingerprint density at radius 3 is 2.53 bits per heavy atom. The van der Waals surface area contributed by atoms with Crippen LogP contribution in [-0.2, 0) is 0 Å². The molecule has 1 aromatic carbocycles. The van der Waals surface area contributed by atoms with E-state index in [0.717, 1.165) is 12.3 Å². The predicted octanol–water partition coefficient (Wildman–Crippen LogP) is 3.73. The van der Waals surface area contributed by atoms with E-state index in [9.17, 15) is 5.11 Å². The van der Waals surface area contributed by atoms with Crippen LogP contribution in [-0.4, -0.2) is 10.7 Å². The molecule has 3 unspecified atom stereocenters. The number of hydrogen-bond donors (Lipinski definition) is 1. The Labute approximate surface area is 104 Å². The number of hydrogen-bond acceptors (Lipinski definition) is 1. The minimum Gasteiger partial charge on any atom is -0.390 e. The molecule has 0 saturated heterocycles. The monoisotopic (exact) mass is 230 g/mol. The Hall–Kier alpha value is -0.820. The summed E-state index contributed by atoms with van der Waals surface area (Å²) in [6.07, 6.45) is 6.22. The highest BCUT2D eigenvalue weighted by Gasteiger charge is 2.50. The smallest absolute Gasteiger partial charge is 0.0656 e. The molecule has 0 heterocycles. The van der Waals surface area contributed by atoms with Crippen molar-refractivity contribution in [2.24, 2.45) is 11.8 Å². The summed E-state index contributed by atoms with van der Waals surface area (Å²) in [7, 11) is 0. The quantitative estimate of drug-likeness (QED) is 0.835. The molecule has 0 spiro atoms. The normalized spacial score (nSPS) is 31.6. The van der Waals surface area contributed by atoms with E-state index in [4.69, 9.17) is 0 Å². The van der Waals surface area contributed by atoms with Gasteiger partial charge >= 0.3 is 0 Å². The SMILES string of the molecule is CC(O)(CC1CCC1)C1CC1c1ccccc1. The number of rotatable bonds is 4. The molecule has 1 aromatic rings. The number of aliphatic hydroxyl groups is 1. The molecule has 2 aliphatic rings. The lowest BCUT2D eigenvalue weighted by atomic mass is 9.76. The summed E-state index contributed by atoms with van der Waals surface area (Å²) in [5.74, 6) is 1.89. The van der Waals surface area contributed by atoms with E-state index in [1.807, 2.05) is 0 Å². The molecule has 0 aromatic heterocycles. The van der Waals surface area contributed by atoms with Crippen LogP contribution in [0.25, 0.3) is 0 Å². The molecule has 3 atom stereocenters. The van der Waals surface area contributed by atoms with E-state index >= 15 is 0 Å². The van der Waals surface area contributed by atoms with Crippen molar-refractivity contribution in [1.29, 1.82) is 0 Å². The van der Waals surface area contributed by atoms with Crippen LogP contribution < -0.4 is 0 Å². The third-order valence-electron chi connectivity index (χ3n) is 4.74. The van der Waals surface area contributed by atoms with Gasteiger partial charge < -0.3 is 5.11 Å². The molecule has 92 valence electrons. The van der Waals surface area contributed by atoms with Gasteiger partial charge in [0.05, 0.1) is 5.60 Å². The minimum atomic E-state index is -0.439. The summed E-state index contributed by atoms with van der Waals surface area (Å²) in [5.41, 5.74) is 0.970. The third-order valence-corrected chi connectivity index (χ3v) is 4.74. The summed E-state index contributed by atoms with van der Waals surface area (Å²) in [6.45, 7) is 2.05. The van der Waals surface area contributed by atoms with Gasteiger partial charge in [-0.3, -0.25) is 0 Å². The molecule has 0 bridgehead atoms. The minimum absolute atomic E-state index is 0.439. The van der Waals surface area contributed by atoms with Gasteiger partial charge in [-0.05, 0) is 43.1 Å². The second kappa shape index (κ2) is 4.13. The Kier molecular flexibility index (Phi) is 2.74. The molecule has 2 aliphatic carbocycles. The fraction of sp³-hybridized carbons (Fsp3) is 0.625. The lowest BCUT2D eigenvalue weighted by Crippen LogP contribution is -2.33. The number of benzene rings is 1. The van der Waals surface area contributed by atoms with Gasteiger partial charge in [0.1, 0.15) is 0 Å². The maximum absolute atomic E-state index is 10.6. The highest BCUT2D eigenvalue weighted by atomic mass is 16.3. The van der Waals surface area contributed by atoms with Crippen LogP contribution in [0.4, 0.5) is 0 Å². The maximum Gasteiger partial charge on any atom is 0.0656 e. The Bertz CT molecular complexity index is 378. The largest absolute Gasteiger partial charge is 0.390 e. The molecule has 1 N–H and O–H groups in total. The second-order valence-corrected chi connectivity index (χ2v) is 6.22. The van der Waals surface area contributed by atoms with Crippen molar-refractivity contribution in [2.75, 3.05) is 0 Å². The molecule has 17 heavy (non-hydrogen) atoms. The zero-order valence-corrected chi connectivity index (χ0v) is 10.6. The first-order valence-corrected chi connectivity index (χ1v) is 6.94. The molecule has 2 fully saturated rings. The Balaban J connectivity index is 1.63. The van der Waals surface area contributed by atoms with Gasteiger partial charge in [-0.15, -0.1) is 0 Å².